The molecule has 0 radical (unpaired) electrons. The number of rotatable bonds is 3. The Morgan fingerprint density at radius 2 is 1.89 bits per heavy atom. The van der Waals surface area contributed by atoms with Crippen molar-refractivity contribution in [2.45, 2.75) is 21.1 Å². The Hall–Kier alpha value is -2.46. The highest BCUT2D eigenvalue weighted by molar-refractivity contribution is 8.00. The van der Waals surface area contributed by atoms with E-state index in [1.807, 2.05) is 12.1 Å². The van der Waals surface area contributed by atoms with Crippen LogP contribution in [-0.2, 0) is 18.0 Å². The highest BCUT2D eigenvalue weighted by atomic mass is 32.2. The summed E-state index contributed by atoms with van der Waals surface area (Å²) in [5.41, 5.74) is 0.0231. The minimum Gasteiger partial charge on any atom is -0.312 e. The van der Waals surface area contributed by atoms with Gasteiger partial charge in [-0.3, -0.25) is 9.69 Å². The molecule has 0 N–H and O–H groups in total. The van der Waals surface area contributed by atoms with Gasteiger partial charge in [-0.25, -0.2) is 0 Å². The molecule has 144 valence electrons. The normalized spacial score (nSPS) is 13.2. The van der Waals surface area contributed by atoms with Gasteiger partial charge in [-0.2, -0.15) is 13.2 Å². The Labute approximate surface area is 166 Å². The van der Waals surface area contributed by atoms with Gasteiger partial charge in [0, 0.05) is 16.8 Å². The molecular weight excluding hydrogens is 409 g/mol. The van der Waals surface area contributed by atoms with Gasteiger partial charge in [0.15, 0.2) is 5.16 Å². The number of carbonyl (C=O) groups is 1. The van der Waals surface area contributed by atoms with Gasteiger partial charge < -0.3 is 4.57 Å². The molecule has 2 aromatic carbocycles. The molecule has 0 spiro atoms. The number of para-hydroxylation sites is 1. The van der Waals surface area contributed by atoms with Crippen molar-refractivity contribution >= 4 is 40.8 Å². The van der Waals surface area contributed by atoms with Gasteiger partial charge in [0.25, 0.3) is 0 Å². The van der Waals surface area contributed by atoms with Crippen molar-refractivity contribution in [2.75, 3.05) is 10.7 Å². The van der Waals surface area contributed by atoms with Crippen LogP contribution in [0.5, 0.6) is 0 Å². The molecule has 1 aliphatic rings. The molecule has 2 heterocycles. The van der Waals surface area contributed by atoms with Crippen LogP contribution in [0.1, 0.15) is 5.56 Å². The van der Waals surface area contributed by atoms with Crippen molar-refractivity contribution < 1.29 is 18.0 Å². The number of fused-ring (bicyclic) bond motifs is 2. The number of anilines is 2. The zero-order valence-electron chi connectivity index (χ0n) is 14.5. The van der Waals surface area contributed by atoms with Crippen LogP contribution in [0.3, 0.4) is 0 Å². The lowest BCUT2D eigenvalue weighted by atomic mass is 10.1. The maximum Gasteiger partial charge on any atom is 0.416 e. The highest BCUT2D eigenvalue weighted by Gasteiger charge is 2.34. The van der Waals surface area contributed by atoms with E-state index in [0.717, 1.165) is 17.0 Å². The lowest BCUT2D eigenvalue weighted by Gasteiger charge is -2.31. The van der Waals surface area contributed by atoms with E-state index in [2.05, 4.69) is 10.2 Å². The fourth-order valence-corrected chi connectivity index (χ4v) is 4.57. The topological polar surface area (TPSA) is 51.0 Å². The van der Waals surface area contributed by atoms with Crippen molar-refractivity contribution in [3.05, 3.63) is 54.4 Å². The summed E-state index contributed by atoms with van der Waals surface area (Å²) in [5.74, 6) is -0.317. The number of halogens is 3. The standard InChI is InChI=1S/C18H13F3N4OS2/c1-24-10-22-23-17(24)27-9-16(26)25-12-4-2-3-5-14(12)28-15-7-6-11(8-13(15)25)18(19,20)21/h2-8,10H,9H2,1H3. The predicted molar refractivity (Wildman–Crippen MR) is 101 cm³/mol. The van der Waals surface area contributed by atoms with Crippen molar-refractivity contribution in [1.82, 2.24) is 14.8 Å². The third-order valence-electron chi connectivity index (χ3n) is 4.10. The number of nitrogens with zero attached hydrogens (tertiary/aromatic N) is 4. The summed E-state index contributed by atoms with van der Waals surface area (Å²) in [6.45, 7) is 0. The summed E-state index contributed by atoms with van der Waals surface area (Å²) in [6, 6.07) is 10.6. The van der Waals surface area contributed by atoms with Crippen molar-refractivity contribution in [3.63, 3.8) is 0 Å². The first-order valence-corrected chi connectivity index (χ1v) is 9.92. The van der Waals surface area contributed by atoms with Crippen LogP contribution in [0, 0.1) is 0 Å². The number of carbonyl (C=O) groups excluding carboxylic acids is 1. The number of benzene rings is 2. The van der Waals surface area contributed by atoms with E-state index in [0.29, 0.717) is 15.7 Å². The molecule has 0 saturated heterocycles. The quantitative estimate of drug-likeness (QED) is 0.570. The van der Waals surface area contributed by atoms with Crippen LogP contribution >= 0.6 is 23.5 Å². The van der Waals surface area contributed by atoms with Crippen LogP contribution < -0.4 is 4.90 Å². The highest BCUT2D eigenvalue weighted by Crippen LogP contribution is 2.49. The average Bonchev–Trinajstić information content (AvgIpc) is 3.07. The van der Waals surface area contributed by atoms with Crippen LogP contribution in [0.2, 0.25) is 0 Å². The van der Waals surface area contributed by atoms with E-state index in [1.54, 1.807) is 23.7 Å². The lowest BCUT2D eigenvalue weighted by molar-refractivity contribution is -0.137. The average molecular weight is 422 g/mol. The second kappa shape index (κ2) is 7.17. The van der Waals surface area contributed by atoms with Crippen LogP contribution in [-0.4, -0.2) is 26.4 Å². The number of hydrogen-bond acceptors (Lipinski definition) is 5. The molecular formula is C18H13F3N4OS2. The van der Waals surface area contributed by atoms with E-state index in [4.69, 9.17) is 0 Å². The molecule has 0 saturated carbocycles. The lowest BCUT2D eigenvalue weighted by Crippen LogP contribution is -2.30. The minimum atomic E-state index is -4.49. The summed E-state index contributed by atoms with van der Waals surface area (Å²) in [5, 5.41) is 8.23. The number of aromatic nitrogens is 3. The van der Waals surface area contributed by atoms with Crippen LogP contribution in [0.25, 0.3) is 0 Å². The van der Waals surface area contributed by atoms with Crippen molar-refractivity contribution in [1.29, 1.82) is 0 Å². The minimum absolute atomic E-state index is 0.0151. The van der Waals surface area contributed by atoms with Gasteiger partial charge in [0.1, 0.15) is 6.33 Å². The van der Waals surface area contributed by atoms with Crippen LogP contribution in [0.4, 0.5) is 24.5 Å². The summed E-state index contributed by atoms with van der Waals surface area (Å²) < 4.78 is 41.4. The number of hydrogen-bond donors (Lipinski definition) is 0. The van der Waals surface area contributed by atoms with Crippen LogP contribution in [0.15, 0.2) is 63.7 Å². The molecule has 1 aromatic heterocycles. The molecule has 3 aromatic rings. The second-order valence-corrected chi connectivity index (χ2v) is 8.02. The number of alkyl halides is 3. The maximum atomic E-state index is 13.2. The van der Waals surface area contributed by atoms with E-state index >= 15 is 0 Å². The fourth-order valence-electron chi connectivity index (χ4n) is 2.79. The van der Waals surface area contributed by atoms with Gasteiger partial charge in [-0.15, -0.1) is 10.2 Å². The van der Waals surface area contributed by atoms with Gasteiger partial charge in [0.2, 0.25) is 5.91 Å². The molecule has 5 nitrogen and oxygen atoms in total. The Morgan fingerprint density at radius 1 is 1.14 bits per heavy atom. The summed E-state index contributed by atoms with van der Waals surface area (Å²) >= 11 is 2.53. The smallest absolute Gasteiger partial charge is 0.312 e. The molecule has 4 rings (SSSR count). The summed E-state index contributed by atoms with van der Waals surface area (Å²) in [6.07, 6.45) is -2.97. The van der Waals surface area contributed by atoms with Crippen molar-refractivity contribution in [3.8, 4) is 0 Å². The Morgan fingerprint density at radius 3 is 2.61 bits per heavy atom. The van der Waals surface area contributed by atoms with E-state index in [9.17, 15) is 18.0 Å². The molecule has 0 atom stereocenters. The summed E-state index contributed by atoms with van der Waals surface area (Å²) in [7, 11) is 1.75. The zero-order valence-corrected chi connectivity index (χ0v) is 16.1. The second-order valence-electron chi connectivity index (χ2n) is 5.99. The Balaban J connectivity index is 1.72. The molecule has 0 bridgehead atoms. The SMILES string of the molecule is Cn1cnnc1SCC(=O)N1c2ccccc2Sc2ccc(C(F)(F)F)cc21. The summed E-state index contributed by atoms with van der Waals surface area (Å²) in [4.78, 5) is 15.8. The first kappa shape index (κ1) is 18.9. The molecule has 10 heteroatoms. The van der Waals surface area contributed by atoms with Gasteiger partial charge in [-0.1, -0.05) is 35.7 Å². The first-order valence-electron chi connectivity index (χ1n) is 8.12. The van der Waals surface area contributed by atoms with E-state index in [-0.39, 0.29) is 17.3 Å². The Kier molecular flexibility index (Phi) is 4.84. The molecule has 0 unspecified atom stereocenters. The van der Waals surface area contributed by atoms with Gasteiger partial charge in [-0.05, 0) is 30.3 Å². The first-order chi connectivity index (χ1) is 13.3. The number of aryl methyl sites for hydroxylation is 1. The van der Waals surface area contributed by atoms with E-state index in [1.165, 1.54) is 40.8 Å². The van der Waals surface area contributed by atoms with Gasteiger partial charge >= 0.3 is 6.18 Å². The monoisotopic (exact) mass is 422 g/mol. The maximum absolute atomic E-state index is 13.2. The zero-order chi connectivity index (χ0) is 19.9. The Bertz CT molecular complexity index is 1050. The van der Waals surface area contributed by atoms with Gasteiger partial charge in [0.05, 0.1) is 22.7 Å². The van der Waals surface area contributed by atoms with E-state index < -0.39 is 11.7 Å². The van der Waals surface area contributed by atoms with Crippen molar-refractivity contribution in [2.24, 2.45) is 7.05 Å². The number of thioether (sulfide) groups is 1. The predicted octanol–water partition coefficient (Wildman–Crippen LogP) is 4.76. The molecule has 0 fully saturated rings. The molecule has 1 amide bonds. The third kappa shape index (κ3) is 3.49. The fraction of sp³-hybridized carbons (Fsp3) is 0.167. The largest absolute Gasteiger partial charge is 0.416 e. The molecule has 0 aliphatic carbocycles. The molecule has 1 aliphatic heterocycles. The number of amides is 1. The third-order valence-corrected chi connectivity index (χ3v) is 6.25. The molecule has 28 heavy (non-hydrogen) atoms.